The Balaban J connectivity index is 2.27. The Hall–Kier alpha value is -2.02. The second-order valence-electron chi connectivity index (χ2n) is 3.70. The van der Waals surface area contributed by atoms with E-state index in [2.05, 4.69) is 15.2 Å². The Morgan fingerprint density at radius 3 is 2.89 bits per heavy atom. The minimum atomic E-state index is -0.00126. The van der Waals surface area contributed by atoms with Gasteiger partial charge in [-0.1, -0.05) is 23.0 Å². The van der Waals surface area contributed by atoms with Crippen LogP contribution in [0.25, 0.3) is 0 Å². The minimum Gasteiger partial charge on any atom is -0.409 e. The molecule has 18 heavy (non-hydrogen) atoms. The number of amidine groups is 1. The summed E-state index contributed by atoms with van der Waals surface area (Å²) in [5.74, 6) is -0.00126. The maximum atomic E-state index is 8.62. The van der Waals surface area contributed by atoms with Crippen LogP contribution in [0.5, 0.6) is 0 Å². The Labute approximate surface area is 109 Å². The van der Waals surface area contributed by atoms with Crippen LogP contribution in [0.4, 0.5) is 0 Å². The zero-order chi connectivity index (χ0) is 13.1. The molecule has 0 radical (unpaired) electrons. The van der Waals surface area contributed by atoms with Crippen LogP contribution in [-0.2, 0) is 7.05 Å². The number of rotatable bonds is 3. The highest BCUT2D eigenvalue weighted by Gasteiger charge is 2.07. The van der Waals surface area contributed by atoms with Crippen LogP contribution in [0.15, 0.2) is 39.5 Å². The third-order valence-corrected chi connectivity index (χ3v) is 3.29. The molecule has 2 aromatic rings. The Kier molecular flexibility index (Phi) is 3.52. The van der Waals surface area contributed by atoms with Crippen LogP contribution >= 0.6 is 11.8 Å². The predicted molar refractivity (Wildman–Crippen MR) is 68.8 cm³/mol. The Bertz CT molecular complexity index is 593. The minimum absolute atomic E-state index is 0.00126. The van der Waals surface area contributed by atoms with Gasteiger partial charge < -0.3 is 10.9 Å². The van der Waals surface area contributed by atoms with Crippen molar-refractivity contribution in [2.24, 2.45) is 17.9 Å². The summed E-state index contributed by atoms with van der Waals surface area (Å²) in [6.07, 6.45) is 0. The van der Waals surface area contributed by atoms with Crippen LogP contribution in [0.2, 0.25) is 0 Å². The van der Waals surface area contributed by atoms with E-state index in [9.17, 15) is 0 Å². The predicted octanol–water partition coefficient (Wildman–Crippen LogP) is 1.37. The van der Waals surface area contributed by atoms with E-state index in [-0.39, 0.29) is 5.84 Å². The number of nitrogens with zero attached hydrogens (tertiary/aromatic N) is 4. The van der Waals surface area contributed by atoms with E-state index in [1.807, 2.05) is 32.2 Å². The van der Waals surface area contributed by atoms with Gasteiger partial charge in [0.2, 0.25) is 0 Å². The highest BCUT2D eigenvalue weighted by atomic mass is 32.2. The summed E-state index contributed by atoms with van der Waals surface area (Å²) in [6.45, 7) is 1.93. The highest BCUT2D eigenvalue weighted by molar-refractivity contribution is 7.99. The second kappa shape index (κ2) is 5.09. The summed E-state index contributed by atoms with van der Waals surface area (Å²) in [4.78, 5) is 4.30. The molecule has 94 valence electrons. The molecule has 0 saturated carbocycles. The SMILES string of the molecule is Cc1cc(Sc2cccc(C(N)=NO)n2)n(C)n1. The lowest BCUT2D eigenvalue weighted by Crippen LogP contribution is -2.14. The molecular formula is C11H13N5OS. The van der Waals surface area contributed by atoms with Gasteiger partial charge in [-0.25, -0.2) is 4.98 Å². The van der Waals surface area contributed by atoms with Gasteiger partial charge in [-0.05, 0) is 25.1 Å². The maximum Gasteiger partial charge on any atom is 0.188 e. The number of hydrogen-bond acceptors (Lipinski definition) is 5. The first kappa shape index (κ1) is 12.4. The lowest BCUT2D eigenvalue weighted by atomic mass is 10.3. The van der Waals surface area contributed by atoms with Crippen molar-refractivity contribution in [1.29, 1.82) is 0 Å². The quantitative estimate of drug-likeness (QED) is 0.378. The molecule has 0 aliphatic carbocycles. The normalized spacial score (nSPS) is 11.8. The number of aromatic nitrogens is 3. The van der Waals surface area contributed by atoms with Gasteiger partial charge in [0.15, 0.2) is 5.84 Å². The van der Waals surface area contributed by atoms with Gasteiger partial charge in [0.1, 0.15) is 15.7 Å². The first-order valence-electron chi connectivity index (χ1n) is 5.23. The van der Waals surface area contributed by atoms with Crippen LogP contribution in [0.3, 0.4) is 0 Å². The molecule has 0 fully saturated rings. The van der Waals surface area contributed by atoms with Gasteiger partial charge >= 0.3 is 0 Å². The molecule has 0 spiro atoms. The van der Waals surface area contributed by atoms with Crippen molar-refractivity contribution >= 4 is 17.6 Å². The fraction of sp³-hybridized carbons (Fsp3) is 0.182. The van der Waals surface area contributed by atoms with Crippen LogP contribution in [-0.4, -0.2) is 25.8 Å². The van der Waals surface area contributed by atoms with Crippen molar-refractivity contribution in [3.05, 3.63) is 35.7 Å². The highest BCUT2D eigenvalue weighted by Crippen LogP contribution is 2.26. The topological polar surface area (TPSA) is 89.3 Å². The molecule has 2 heterocycles. The first-order valence-corrected chi connectivity index (χ1v) is 6.05. The van der Waals surface area contributed by atoms with E-state index in [0.717, 1.165) is 15.7 Å². The van der Waals surface area contributed by atoms with E-state index in [1.54, 1.807) is 10.7 Å². The average Bonchev–Trinajstić information content (AvgIpc) is 2.67. The molecule has 0 aliphatic heterocycles. The molecule has 2 rings (SSSR count). The molecule has 0 saturated heterocycles. The first-order chi connectivity index (χ1) is 8.60. The zero-order valence-corrected chi connectivity index (χ0v) is 10.8. The zero-order valence-electron chi connectivity index (χ0n) is 10.0. The number of pyridine rings is 1. The standard InChI is InChI=1S/C11H13N5OS/c1-7-6-10(16(2)14-7)18-9-5-3-4-8(13-9)11(12)15-17/h3-6,17H,1-2H3,(H2,12,15). The van der Waals surface area contributed by atoms with Crippen molar-refractivity contribution in [3.8, 4) is 0 Å². The number of aryl methyl sites for hydroxylation is 2. The fourth-order valence-electron chi connectivity index (χ4n) is 1.46. The van der Waals surface area contributed by atoms with Gasteiger partial charge in [-0.3, -0.25) is 4.68 Å². The molecule has 7 heteroatoms. The van der Waals surface area contributed by atoms with Crippen LogP contribution < -0.4 is 5.73 Å². The van der Waals surface area contributed by atoms with Crippen LogP contribution in [0.1, 0.15) is 11.4 Å². The van der Waals surface area contributed by atoms with Gasteiger partial charge in [0, 0.05) is 7.05 Å². The third kappa shape index (κ3) is 2.62. The Morgan fingerprint density at radius 2 is 2.28 bits per heavy atom. The summed E-state index contributed by atoms with van der Waals surface area (Å²) in [5, 5.41) is 17.6. The molecule has 0 bridgehead atoms. The lowest BCUT2D eigenvalue weighted by Gasteiger charge is -2.03. The largest absolute Gasteiger partial charge is 0.409 e. The average molecular weight is 263 g/mol. The molecule has 6 nitrogen and oxygen atoms in total. The molecule has 2 aromatic heterocycles. The van der Waals surface area contributed by atoms with Gasteiger partial charge in [-0.2, -0.15) is 5.10 Å². The van der Waals surface area contributed by atoms with Gasteiger partial charge in [0.25, 0.3) is 0 Å². The third-order valence-electron chi connectivity index (χ3n) is 2.26. The van der Waals surface area contributed by atoms with Gasteiger partial charge in [0.05, 0.1) is 5.69 Å². The number of oxime groups is 1. The second-order valence-corrected chi connectivity index (χ2v) is 4.74. The van der Waals surface area contributed by atoms with Gasteiger partial charge in [-0.15, -0.1) is 0 Å². The summed E-state index contributed by atoms with van der Waals surface area (Å²) in [5.41, 5.74) is 6.90. The summed E-state index contributed by atoms with van der Waals surface area (Å²) in [6, 6.07) is 7.34. The molecular weight excluding hydrogens is 250 g/mol. The van der Waals surface area contributed by atoms with E-state index < -0.39 is 0 Å². The lowest BCUT2D eigenvalue weighted by molar-refractivity contribution is 0.318. The summed E-state index contributed by atoms with van der Waals surface area (Å²) >= 11 is 1.47. The number of nitrogens with two attached hydrogens (primary N) is 1. The Morgan fingerprint density at radius 1 is 1.50 bits per heavy atom. The van der Waals surface area contributed by atoms with Crippen molar-refractivity contribution in [3.63, 3.8) is 0 Å². The van der Waals surface area contributed by atoms with Crippen LogP contribution in [0, 0.1) is 6.92 Å². The summed E-state index contributed by atoms with van der Waals surface area (Å²) < 4.78 is 1.79. The van der Waals surface area contributed by atoms with Crippen molar-refractivity contribution in [2.45, 2.75) is 17.0 Å². The molecule has 0 aliphatic rings. The molecule has 3 N–H and O–H groups in total. The van der Waals surface area contributed by atoms with Crippen molar-refractivity contribution in [1.82, 2.24) is 14.8 Å². The monoisotopic (exact) mass is 263 g/mol. The molecule has 0 atom stereocenters. The molecule has 0 amide bonds. The van der Waals surface area contributed by atoms with Crippen molar-refractivity contribution in [2.75, 3.05) is 0 Å². The smallest absolute Gasteiger partial charge is 0.188 e. The van der Waals surface area contributed by atoms with Crippen molar-refractivity contribution < 1.29 is 5.21 Å². The molecule has 0 aromatic carbocycles. The van der Waals surface area contributed by atoms with E-state index in [0.29, 0.717) is 5.69 Å². The van der Waals surface area contributed by atoms with E-state index >= 15 is 0 Å². The maximum absolute atomic E-state index is 8.62. The van der Waals surface area contributed by atoms with E-state index in [4.69, 9.17) is 10.9 Å². The number of hydrogen-bond donors (Lipinski definition) is 2. The summed E-state index contributed by atoms with van der Waals surface area (Å²) in [7, 11) is 1.88. The van der Waals surface area contributed by atoms with E-state index in [1.165, 1.54) is 11.8 Å². The molecule has 0 unspecified atom stereocenters. The fourth-order valence-corrected chi connectivity index (χ4v) is 2.36.